The zero-order valence-corrected chi connectivity index (χ0v) is 15.6. The third-order valence-electron chi connectivity index (χ3n) is 3.80. The number of nitrogens with one attached hydrogen (secondary N) is 2. The van der Waals surface area contributed by atoms with E-state index < -0.39 is 5.91 Å². The van der Waals surface area contributed by atoms with Crippen molar-refractivity contribution in [3.05, 3.63) is 81.8 Å². The van der Waals surface area contributed by atoms with E-state index in [2.05, 4.69) is 15.8 Å². The fraction of sp³-hybridized carbons (Fsp3) is 0.0500. The van der Waals surface area contributed by atoms with Crippen LogP contribution in [-0.2, 0) is 4.79 Å². The zero-order chi connectivity index (χ0) is 19.2. The van der Waals surface area contributed by atoms with Crippen molar-refractivity contribution in [1.29, 1.82) is 0 Å². The molecule has 3 aromatic carbocycles. The van der Waals surface area contributed by atoms with Crippen LogP contribution < -0.4 is 10.7 Å². The van der Waals surface area contributed by atoms with Crippen LogP contribution in [0, 0.1) is 0 Å². The fourth-order valence-corrected chi connectivity index (χ4v) is 2.96. The number of amides is 2. The Morgan fingerprint density at radius 3 is 2.59 bits per heavy atom. The Hall–Kier alpha value is -2.89. The molecule has 0 aliphatic carbocycles. The van der Waals surface area contributed by atoms with E-state index in [0.717, 1.165) is 10.8 Å². The summed E-state index contributed by atoms with van der Waals surface area (Å²) in [4.78, 5) is 24.3. The van der Waals surface area contributed by atoms with Crippen LogP contribution >= 0.6 is 23.2 Å². The number of hydrogen-bond acceptors (Lipinski definition) is 3. The van der Waals surface area contributed by atoms with Crippen LogP contribution in [0.2, 0.25) is 10.0 Å². The second kappa shape index (κ2) is 8.66. The first-order valence-corrected chi connectivity index (χ1v) is 8.83. The summed E-state index contributed by atoms with van der Waals surface area (Å²) in [5.41, 5.74) is 3.46. The number of fused-ring (bicyclic) bond motifs is 1. The first-order chi connectivity index (χ1) is 13.0. The molecule has 2 amide bonds. The van der Waals surface area contributed by atoms with Gasteiger partial charge in [0.2, 0.25) is 0 Å². The molecule has 0 unspecified atom stereocenters. The molecule has 0 saturated heterocycles. The highest BCUT2D eigenvalue weighted by Crippen LogP contribution is 2.19. The molecular weight excluding hydrogens is 385 g/mol. The van der Waals surface area contributed by atoms with Crippen molar-refractivity contribution in [1.82, 2.24) is 10.7 Å². The van der Waals surface area contributed by atoms with Crippen LogP contribution in [0.15, 0.2) is 65.8 Å². The third kappa shape index (κ3) is 4.84. The van der Waals surface area contributed by atoms with E-state index in [9.17, 15) is 9.59 Å². The molecule has 0 aliphatic rings. The molecule has 0 aliphatic heterocycles. The summed E-state index contributed by atoms with van der Waals surface area (Å²) in [5.74, 6) is -0.781. The van der Waals surface area contributed by atoms with E-state index in [4.69, 9.17) is 23.2 Å². The highest BCUT2D eigenvalue weighted by Gasteiger charge is 2.10. The van der Waals surface area contributed by atoms with E-state index in [-0.39, 0.29) is 12.5 Å². The third-order valence-corrected chi connectivity index (χ3v) is 4.36. The predicted molar refractivity (Wildman–Crippen MR) is 108 cm³/mol. The number of carbonyl (C=O) groups is 2. The minimum absolute atomic E-state index is 0.201. The van der Waals surface area contributed by atoms with Crippen molar-refractivity contribution < 1.29 is 9.59 Å². The summed E-state index contributed by atoms with van der Waals surface area (Å²) in [6.45, 7) is -0.201. The standard InChI is InChI=1S/C20H15Cl2N3O2/c21-15-9-8-14(18(22)10-15)11-24-25-19(26)12-23-20(27)17-7-3-5-13-4-1-2-6-16(13)17/h1-11H,12H2,(H,23,27)(H,25,26)/b24-11-. The second-order valence-corrected chi connectivity index (χ2v) is 6.51. The number of benzene rings is 3. The molecule has 0 aromatic heterocycles. The number of rotatable bonds is 5. The number of hydrazone groups is 1. The highest BCUT2D eigenvalue weighted by molar-refractivity contribution is 6.36. The molecule has 27 heavy (non-hydrogen) atoms. The minimum atomic E-state index is -0.454. The molecule has 0 heterocycles. The van der Waals surface area contributed by atoms with Gasteiger partial charge in [-0.3, -0.25) is 9.59 Å². The van der Waals surface area contributed by atoms with Gasteiger partial charge in [-0.05, 0) is 29.0 Å². The second-order valence-electron chi connectivity index (χ2n) is 5.67. The molecule has 0 bridgehead atoms. The van der Waals surface area contributed by atoms with Crippen molar-refractivity contribution in [2.24, 2.45) is 5.10 Å². The molecule has 0 spiro atoms. The Morgan fingerprint density at radius 1 is 1.00 bits per heavy atom. The smallest absolute Gasteiger partial charge is 0.259 e. The number of nitrogens with zero attached hydrogens (tertiary/aromatic N) is 1. The minimum Gasteiger partial charge on any atom is -0.343 e. The molecule has 2 N–H and O–H groups in total. The van der Waals surface area contributed by atoms with Crippen LogP contribution in [0.1, 0.15) is 15.9 Å². The largest absolute Gasteiger partial charge is 0.343 e. The maximum absolute atomic E-state index is 12.4. The Morgan fingerprint density at radius 2 is 1.78 bits per heavy atom. The molecule has 0 atom stereocenters. The van der Waals surface area contributed by atoms with Crippen LogP contribution in [0.5, 0.6) is 0 Å². The molecule has 0 fully saturated rings. The molecule has 3 rings (SSSR count). The van der Waals surface area contributed by atoms with Gasteiger partial charge < -0.3 is 5.32 Å². The van der Waals surface area contributed by atoms with E-state index in [1.54, 1.807) is 30.3 Å². The average molecular weight is 400 g/mol. The van der Waals surface area contributed by atoms with Gasteiger partial charge in [0.25, 0.3) is 11.8 Å². The summed E-state index contributed by atoms with van der Waals surface area (Å²) < 4.78 is 0. The van der Waals surface area contributed by atoms with Gasteiger partial charge in [-0.15, -0.1) is 0 Å². The topological polar surface area (TPSA) is 70.6 Å². The lowest BCUT2D eigenvalue weighted by Crippen LogP contribution is -2.35. The molecule has 3 aromatic rings. The van der Waals surface area contributed by atoms with Crippen LogP contribution in [0.3, 0.4) is 0 Å². The summed E-state index contributed by atoms with van der Waals surface area (Å²) in [7, 11) is 0. The van der Waals surface area contributed by atoms with Gasteiger partial charge >= 0.3 is 0 Å². The van der Waals surface area contributed by atoms with Crippen molar-refractivity contribution in [2.75, 3.05) is 6.54 Å². The Kier molecular flexibility index (Phi) is 6.06. The lowest BCUT2D eigenvalue weighted by molar-refractivity contribution is -0.120. The van der Waals surface area contributed by atoms with Gasteiger partial charge in [-0.2, -0.15) is 5.10 Å². The monoisotopic (exact) mass is 399 g/mol. The number of halogens is 2. The molecular formula is C20H15Cl2N3O2. The normalized spacial score (nSPS) is 10.9. The number of carbonyl (C=O) groups excluding carboxylic acids is 2. The summed E-state index contributed by atoms with van der Waals surface area (Å²) in [6.07, 6.45) is 1.41. The Labute approximate surface area is 166 Å². The van der Waals surface area contributed by atoms with Crippen molar-refractivity contribution in [3.63, 3.8) is 0 Å². The van der Waals surface area contributed by atoms with E-state index in [1.807, 2.05) is 30.3 Å². The quantitative estimate of drug-likeness (QED) is 0.502. The van der Waals surface area contributed by atoms with E-state index >= 15 is 0 Å². The molecule has 5 nitrogen and oxygen atoms in total. The number of hydrogen-bond donors (Lipinski definition) is 2. The maximum Gasteiger partial charge on any atom is 0.259 e. The molecule has 0 saturated carbocycles. The van der Waals surface area contributed by atoms with E-state index in [1.165, 1.54) is 6.21 Å². The average Bonchev–Trinajstić information content (AvgIpc) is 2.67. The van der Waals surface area contributed by atoms with Gasteiger partial charge in [0.1, 0.15) is 0 Å². The van der Waals surface area contributed by atoms with Gasteiger partial charge in [0, 0.05) is 16.1 Å². The summed E-state index contributed by atoms with van der Waals surface area (Å²) in [5, 5.41) is 9.14. The lowest BCUT2D eigenvalue weighted by Gasteiger charge is -2.07. The van der Waals surface area contributed by atoms with Crippen molar-refractivity contribution in [3.8, 4) is 0 Å². The van der Waals surface area contributed by atoms with Crippen LogP contribution in [0.4, 0.5) is 0 Å². The maximum atomic E-state index is 12.4. The first kappa shape index (κ1) is 18.9. The first-order valence-electron chi connectivity index (χ1n) is 8.07. The highest BCUT2D eigenvalue weighted by atomic mass is 35.5. The molecule has 136 valence electrons. The fourth-order valence-electron chi connectivity index (χ4n) is 2.50. The SMILES string of the molecule is O=C(CNC(=O)c1cccc2ccccc12)N/N=C\c1ccc(Cl)cc1Cl. The summed E-state index contributed by atoms with van der Waals surface area (Å²) >= 11 is 11.8. The molecule has 7 heteroatoms. The predicted octanol–water partition coefficient (Wildman–Crippen LogP) is 4.03. The van der Waals surface area contributed by atoms with Crippen LogP contribution in [0.25, 0.3) is 10.8 Å². The Balaban J connectivity index is 1.57. The van der Waals surface area contributed by atoms with Gasteiger partial charge in [-0.1, -0.05) is 65.7 Å². The van der Waals surface area contributed by atoms with Crippen LogP contribution in [-0.4, -0.2) is 24.6 Å². The van der Waals surface area contributed by atoms with Gasteiger partial charge in [0.05, 0.1) is 17.8 Å². The lowest BCUT2D eigenvalue weighted by atomic mass is 10.0. The van der Waals surface area contributed by atoms with Gasteiger partial charge in [0.15, 0.2) is 0 Å². The molecule has 0 radical (unpaired) electrons. The van der Waals surface area contributed by atoms with Crippen molar-refractivity contribution in [2.45, 2.75) is 0 Å². The van der Waals surface area contributed by atoms with E-state index in [0.29, 0.717) is 21.2 Å². The van der Waals surface area contributed by atoms with Gasteiger partial charge in [-0.25, -0.2) is 5.43 Å². The Bertz CT molecular complexity index is 1030. The van der Waals surface area contributed by atoms with Crippen molar-refractivity contribution >= 4 is 52.0 Å². The zero-order valence-electron chi connectivity index (χ0n) is 14.1. The summed E-state index contributed by atoms with van der Waals surface area (Å²) in [6, 6.07) is 17.9.